The van der Waals surface area contributed by atoms with Crippen molar-refractivity contribution in [3.05, 3.63) is 47.1 Å². The Kier molecular flexibility index (Phi) is 3.47. The zero-order valence-electron chi connectivity index (χ0n) is 12.3. The van der Waals surface area contributed by atoms with Crippen LogP contribution in [0.15, 0.2) is 36.5 Å². The van der Waals surface area contributed by atoms with E-state index in [2.05, 4.69) is 29.1 Å². The van der Waals surface area contributed by atoms with Crippen LogP contribution < -0.4 is 0 Å². The molecule has 0 aliphatic rings. The van der Waals surface area contributed by atoms with E-state index in [-0.39, 0.29) is 5.69 Å². The van der Waals surface area contributed by atoms with Crippen LogP contribution in [0.5, 0.6) is 0 Å². The average Bonchev–Trinajstić information content (AvgIpc) is 3.20. The Bertz CT molecular complexity index is 995. The quantitative estimate of drug-likeness (QED) is 0.492. The first-order valence-electron chi connectivity index (χ1n) is 6.99. The monoisotopic (exact) mass is 365 g/mol. The molecule has 1 N–H and O–H groups in total. The summed E-state index contributed by atoms with van der Waals surface area (Å²) >= 11 is 3.40. The van der Waals surface area contributed by atoms with Crippen molar-refractivity contribution < 1.29 is 13.2 Å². The number of nitrogens with one attached hydrogen (secondary N) is 1. The fourth-order valence-corrected chi connectivity index (χ4v) is 4.84. The highest BCUT2D eigenvalue weighted by atomic mass is 32.2. The number of aromatic nitrogens is 3. The van der Waals surface area contributed by atoms with Gasteiger partial charge in [0.2, 0.25) is 0 Å². The van der Waals surface area contributed by atoms with Crippen LogP contribution >= 0.6 is 22.7 Å². The molecule has 0 aliphatic carbocycles. The van der Waals surface area contributed by atoms with Crippen molar-refractivity contribution in [1.82, 2.24) is 15.2 Å². The van der Waals surface area contributed by atoms with E-state index in [0.717, 1.165) is 16.5 Å². The molecule has 0 saturated heterocycles. The number of hydrogen-bond acceptors (Lipinski definition) is 4. The lowest BCUT2D eigenvalue weighted by Crippen LogP contribution is -2.04. The zero-order valence-corrected chi connectivity index (χ0v) is 13.9. The van der Waals surface area contributed by atoms with Crippen molar-refractivity contribution in [2.75, 3.05) is 0 Å². The van der Waals surface area contributed by atoms with E-state index in [1.165, 1.54) is 14.3 Å². The first-order chi connectivity index (χ1) is 11.4. The molecular formula is C16H10F3N3S2. The minimum absolute atomic E-state index is 0.179. The molecule has 0 spiro atoms. The molecular weight excluding hydrogens is 355 g/mol. The molecule has 0 saturated carbocycles. The Morgan fingerprint density at radius 2 is 1.88 bits per heavy atom. The number of fused-ring (bicyclic) bond motifs is 1. The molecule has 0 aromatic carbocycles. The molecule has 0 amide bonds. The second-order valence-corrected chi connectivity index (χ2v) is 7.87. The van der Waals surface area contributed by atoms with Crippen LogP contribution in [0.1, 0.15) is 10.6 Å². The third kappa shape index (κ3) is 2.71. The third-order valence-corrected chi connectivity index (χ3v) is 5.88. The maximum atomic E-state index is 12.7. The first-order valence-corrected chi connectivity index (χ1v) is 8.63. The Labute approximate surface area is 142 Å². The minimum atomic E-state index is -4.45. The molecule has 8 heteroatoms. The summed E-state index contributed by atoms with van der Waals surface area (Å²) in [6.45, 7) is 2.07. The maximum absolute atomic E-state index is 12.7. The van der Waals surface area contributed by atoms with Crippen LogP contribution in [0.25, 0.3) is 31.2 Å². The number of halogens is 3. The number of pyridine rings is 1. The molecule has 0 fully saturated rings. The Hall–Kier alpha value is -2.19. The van der Waals surface area contributed by atoms with Gasteiger partial charge in [0.05, 0.1) is 9.71 Å². The Morgan fingerprint density at radius 1 is 1.04 bits per heavy atom. The third-order valence-electron chi connectivity index (χ3n) is 3.53. The van der Waals surface area contributed by atoms with Crippen LogP contribution in [-0.2, 0) is 6.18 Å². The summed E-state index contributed by atoms with van der Waals surface area (Å²) in [6.07, 6.45) is -2.86. The molecule has 4 aromatic heterocycles. The molecule has 0 unspecified atom stereocenters. The average molecular weight is 365 g/mol. The van der Waals surface area contributed by atoms with E-state index in [4.69, 9.17) is 0 Å². The second-order valence-electron chi connectivity index (χ2n) is 5.30. The first kappa shape index (κ1) is 15.3. The normalized spacial score (nSPS) is 12.2. The Balaban J connectivity index is 1.73. The van der Waals surface area contributed by atoms with Gasteiger partial charge in [0.25, 0.3) is 0 Å². The van der Waals surface area contributed by atoms with Gasteiger partial charge in [0.1, 0.15) is 11.4 Å². The highest BCUT2D eigenvalue weighted by molar-refractivity contribution is 7.39. The SMILES string of the molecule is Cc1cc2cc(-c3ccnc(-c4cc(C(F)(F)F)[nH]n4)c3)sc2s1. The number of aromatic amines is 1. The summed E-state index contributed by atoms with van der Waals surface area (Å²) in [5.74, 6) is 0. The fourth-order valence-electron chi connectivity index (χ4n) is 2.43. The number of nitrogens with zero attached hydrogens (tertiary/aromatic N) is 2. The zero-order chi connectivity index (χ0) is 16.9. The molecule has 0 atom stereocenters. The predicted octanol–water partition coefficient (Wildman–Crippen LogP) is 5.74. The maximum Gasteiger partial charge on any atom is 0.432 e. The summed E-state index contributed by atoms with van der Waals surface area (Å²) in [5.41, 5.74) is 0.630. The van der Waals surface area contributed by atoms with Crippen LogP contribution in [0.4, 0.5) is 13.2 Å². The number of alkyl halides is 3. The highest BCUT2D eigenvalue weighted by Gasteiger charge is 2.33. The number of H-pyrrole nitrogens is 1. The van der Waals surface area contributed by atoms with Crippen molar-refractivity contribution in [2.45, 2.75) is 13.1 Å². The molecule has 0 bridgehead atoms. The summed E-state index contributed by atoms with van der Waals surface area (Å²) in [7, 11) is 0. The molecule has 3 nitrogen and oxygen atoms in total. The van der Waals surface area contributed by atoms with Gasteiger partial charge in [-0.15, -0.1) is 22.7 Å². The lowest BCUT2D eigenvalue weighted by atomic mass is 10.1. The topological polar surface area (TPSA) is 41.6 Å². The smallest absolute Gasteiger partial charge is 0.273 e. The Morgan fingerprint density at radius 3 is 2.58 bits per heavy atom. The van der Waals surface area contributed by atoms with Crippen molar-refractivity contribution >= 4 is 32.1 Å². The standard InChI is InChI=1S/C16H10F3N3S2/c1-8-4-10-6-13(24-15(10)23-8)9-2-3-20-11(5-9)12-7-14(22-21-12)16(17,18)19/h2-7H,1H3,(H,21,22). The van der Waals surface area contributed by atoms with E-state index >= 15 is 0 Å². The van der Waals surface area contributed by atoms with Crippen molar-refractivity contribution in [1.29, 1.82) is 0 Å². The summed E-state index contributed by atoms with van der Waals surface area (Å²) < 4.78 is 39.3. The van der Waals surface area contributed by atoms with Gasteiger partial charge in [0.15, 0.2) is 0 Å². The molecule has 0 radical (unpaired) electrons. The van der Waals surface area contributed by atoms with Crippen LogP contribution in [0.2, 0.25) is 0 Å². The van der Waals surface area contributed by atoms with Crippen LogP contribution in [0.3, 0.4) is 0 Å². The molecule has 24 heavy (non-hydrogen) atoms. The van der Waals surface area contributed by atoms with Gasteiger partial charge in [-0.3, -0.25) is 10.1 Å². The van der Waals surface area contributed by atoms with Crippen molar-refractivity contribution in [3.8, 4) is 21.8 Å². The van der Waals surface area contributed by atoms with E-state index in [9.17, 15) is 13.2 Å². The number of thiophene rings is 2. The highest BCUT2D eigenvalue weighted by Crippen LogP contribution is 2.39. The van der Waals surface area contributed by atoms with Crippen molar-refractivity contribution in [3.63, 3.8) is 0 Å². The molecule has 4 aromatic rings. The molecule has 0 aliphatic heterocycles. The molecule has 122 valence electrons. The number of rotatable bonds is 2. The van der Waals surface area contributed by atoms with E-state index in [0.29, 0.717) is 5.69 Å². The molecule has 4 heterocycles. The van der Waals surface area contributed by atoms with E-state index in [1.807, 2.05) is 11.2 Å². The minimum Gasteiger partial charge on any atom is -0.273 e. The lowest BCUT2D eigenvalue weighted by Gasteiger charge is -2.01. The van der Waals surface area contributed by atoms with Crippen molar-refractivity contribution in [2.24, 2.45) is 0 Å². The van der Waals surface area contributed by atoms with Gasteiger partial charge >= 0.3 is 6.18 Å². The van der Waals surface area contributed by atoms with Crippen LogP contribution in [-0.4, -0.2) is 15.2 Å². The van der Waals surface area contributed by atoms with Gasteiger partial charge in [-0.2, -0.15) is 18.3 Å². The van der Waals surface area contributed by atoms with Gasteiger partial charge in [0, 0.05) is 21.3 Å². The van der Waals surface area contributed by atoms with E-state index < -0.39 is 11.9 Å². The molecule has 4 rings (SSSR count). The summed E-state index contributed by atoms with van der Waals surface area (Å²) in [6, 6.07) is 8.81. The van der Waals surface area contributed by atoms with Gasteiger partial charge in [-0.25, -0.2) is 0 Å². The van der Waals surface area contributed by atoms with Gasteiger partial charge < -0.3 is 0 Å². The second kappa shape index (κ2) is 5.42. The number of aryl methyl sites for hydroxylation is 1. The number of hydrogen-bond donors (Lipinski definition) is 1. The predicted molar refractivity (Wildman–Crippen MR) is 90.3 cm³/mol. The fraction of sp³-hybridized carbons (Fsp3) is 0.125. The van der Waals surface area contributed by atoms with Crippen LogP contribution in [0, 0.1) is 6.92 Å². The lowest BCUT2D eigenvalue weighted by molar-refractivity contribution is -0.141. The van der Waals surface area contributed by atoms with Gasteiger partial charge in [-0.1, -0.05) is 0 Å². The van der Waals surface area contributed by atoms with E-state index in [1.54, 1.807) is 34.9 Å². The summed E-state index contributed by atoms with van der Waals surface area (Å²) in [5, 5.41) is 6.94. The van der Waals surface area contributed by atoms with Gasteiger partial charge in [-0.05, 0) is 42.8 Å². The largest absolute Gasteiger partial charge is 0.432 e. The summed E-state index contributed by atoms with van der Waals surface area (Å²) in [4.78, 5) is 6.46.